The average Bonchev–Trinajstić information content (AvgIpc) is 3.37. The quantitative estimate of drug-likeness (QED) is 0.633. The largest absolute Gasteiger partial charge is 0.337 e. The number of aromatic amines is 1. The molecule has 0 unspecified atom stereocenters. The number of carbonyl (C=O) groups is 1. The molecule has 0 bridgehead atoms. The van der Waals surface area contributed by atoms with Crippen molar-refractivity contribution in [2.24, 2.45) is 17.8 Å². The molecule has 1 fully saturated rings. The van der Waals surface area contributed by atoms with Gasteiger partial charge in [-0.1, -0.05) is 37.9 Å². The van der Waals surface area contributed by atoms with E-state index < -0.39 is 20.9 Å². The zero-order chi connectivity index (χ0) is 21.9. The minimum absolute atomic E-state index is 0.0159. The summed E-state index contributed by atoms with van der Waals surface area (Å²) < 4.78 is 41.7. The van der Waals surface area contributed by atoms with Crippen molar-refractivity contribution in [2.45, 2.75) is 31.6 Å². The summed E-state index contributed by atoms with van der Waals surface area (Å²) in [6.07, 6.45) is 3.05. The summed E-state index contributed by atoms with van der Waals surface area (Å²) in [6.45, 7) is 5.35. The van der Waals surface area contributed by atoms with Gasteiger partial charge in [-0.3, -0.25) is 4.79 Å². The molecular formula is C19H25ClFN5O3S. The molecule has 1 aromatic carbocycles. The van der Waals surface area contributed by atoms with Gasteiger partial charge in [0.05, 0.1) is 11.2 Å². The van der Waals surface area contributed by atoms with Crippen molar-refractivity contribution in [3.8, 4) is 0 Å². The van der Waals surface area contributed by atoms with E-state index in [1.54, 1.807) is 4.90 Å². The molecule has 164 valence electrons. The highest BCUT2D eigenvalue weighted by Gasteiger charge is 2.38. The lowest BCUT2D eigenvalue weighted by molar-refractivity contribution is 0.0774. The molecule has 11 heteroatoms. The highest BCUT2D eigenvalue weighted by molar-refractivity contribution is 7.89. The second kappa shape index (κ2) is 9.40. The van der Waals surface area contributed by atoms with Crippen LogP contribution in [0, 0.1) is 23.6 Å². The maximum absolute atomic E-state index is 13.7. The molecule has 1 saturated heterocycles. The van der Waals surface area contributed by atoms with Gasteiger partial charge in [0.15, 0.2) is 5.69 Å². The molecular weight excluding hydrogens is 433 g/mol. The Kier molecular flexibility index (Phi) is 7.10. The fourth-order valence-electron chi connectivity index (χ4n) is 4.06. The summed E-state index contributed by atoms with van der Waals surface area (Å²) in [7, 11) is -3.96. The topological polar surface area (TPSA) is 108 Å². The smallest absolute Gasteiger partial charge is 0.276 e. The number of sulfonamides is 1. The molecule has 0 spiro atoms. The number of amides is 1. The van der Waals surface area contributed by atoms with Gasteiger partial charge in [-0.2, -0.15) is 15.4 Å². The number of likely N-dealkylation sites (tertiary alicyclic amines) is 1. The molecule has 2 heterocycles. The van der Waals surface area contributed by atoms with Crippen molar-refractivity contribution in [1.29, 1.82) is 0 Å². The molecule has 0 saturated carbocycles. The summed E-state index contributed by atoms with van der Waals surface area (Å²) in [5.74, 6) is -0.648. The molecule has 30 heavy (non-hydrogen) atoms. The van der Waals surface area contributed by atoms with Crippen molar-refractivity contribution in [2.75, 3.05) is 19.6 Å². The van der Waals surface area contributed by atoms with E-state index in [2.05, 4.69) is 27.1 Å². The predicted molar refractivity (Wildman–Crippen MR) is 110 cm³/mol. The SMILES string of the molecule is CCC[C@@H](CNS(=O)(=O)c1cccc(F)c1Cl)[C@H]1CN(C(=O)c2cn[nH]n2)C[C@H]1C. The van der Waals surface area contributed by atoms with E-state index in [9.17, 15) is 17.6 Å². The minimum atomic E-state index is -3.96. The molecule has 1 aliphatic rings. The van der Waals surface area contributed by atoms with Crippen LogP contribution in [0.25, 0.3) is 0 Å². The highest BCUT2D eigenvalue weighted by atomic mass is 35.5. The summed E-state index contributed by atoms with van der Waals surface area (Å²) in [5, 5.41) is 9.54. The Morgan fingerprint density at radius 1 is 1.43 bits per heavy atom. The van der Waals surface area contributed by atoms with Crippen LogP contribution in [0.1, 0.15) is 37.2 Å². The van der Waals surface area contributed by atoms with Gasteiger partial charge in [0, 0.05) is 19.6 Å². The Hall–Kier alpha value is -2.04. The Morgan fingerprint density at radius 2 is 2.20 bits per heavy atom. The van der Waals surface area contributed by atoms with Crippen molar-refractivity contribution in [1.82, 2.24) is 25.0 Å². The van der Waals surface area contributed by atoms with Crippen LogP contribution in [-0.2, 0) is 10.0 Å². The third-order valence-corrected chi connectivity index (χ3v) is 7.56. The maximum atomic E-state index is 13.7. The van der Waals surface area contributed by atoms with Crippen LogP contribution < -0.4 is 4.72 Å². The third-order valence-electron chi connectivity index (χ3n) is 5.60. The van der Waals surface area contributed by atoms with E-state index >= 15 is 0 Å². The molecule has 3 atom stereocenters. The Bertz CT molecular complexity index is 986. The first-order chi connectivity index (χ1) is 14.2. The third kappa shape index (κ3) is 4.81. The lowest BCUT2D eigenvalue weighted by Crippen LogP contribution is -2.36. The second-order valence-corrected chi connectivity index (χ2v) is 9.77. The number of nitrogens with one attached hydrogen (secondary N) is 2. The van der Waals surface area contributed by atoms with Crippen LogP contribution in [0.15, 0.2) is 29.3 Å². The Balaban J connectivity index is 1.71. The average molecular weight is 458 g/mol. The Labute approximate surface area is 180 Å². The lowest BCUT2D eigenvalue weighted by Gasteiger charge is -2.26. The molecule has 3 rings (SSSR count). The number of benzene rings is 1. The Morgan fingerprint density at radius 3 is 2.87 bits per heavy atom. The van der Waals surface area contributed by atoms with Gasteiger partial charge in [0.25, 0.3) is 5.91 Å². The number of nitrogens with zero attached hydrogens (tertiary/aromatic N) is 3. The van der Waals surface area contributed by atoms with Crippen LogP contribution in [-0.4, -0.2) is 54.3 Å². The van der Waals surface area contributed by atoms with E-state index in [1.807, 2.05) is 6.92 Å². The normalized spacial score (nSPS) is 20.5. The van der Waals surface area contributed by atoms with Gasteiger partial charge in [-0.05, 0) is 36.3 Å². The molecule has 2 N–H and O–H groups in total. The van der Waals surface area contributed by atoms with Gasteiger partial charge in [0.1, 0.15) is 10.7 Å². The fourth-order valence-corrected chi connectivity index (χ4v) is 5.67. The van der Waals surface area contributed by atoms with Crippen LogP contribution in [0.4, 0.5) is 4.39 Å². The van der Waals surface area contributed by atoms with Gasteiger partial charge in [-0.15, -0.1) is 0 Å². The van der Waals surface area contributed by atoms with Crippen molar-refractivity contribution in [3.63, 3.8) is 0 Å². The molecule has 1 aromatic heterocycles. The van der Waals surface area contributed by atoms with Crippen LogP contribution in [0.2, 0.25) is 5.02 Å². The van der Waals surface area contributed by atoms with Crippen molar-refractivity contribution < 1.29 is 17.6 Å². The maximum Gasteiger partial charge on any atom is 0.276 e. The lowest BCUT2D eigenvalue weighted by atomic mass is 9.82. The molecule has 0 radical (unpaired) electrons. The molecule has 1 aliphatic heterocycles. The van der Waals surface area contributed by atoms with Crippen molar-refractivity contribution >= 4 is 27.5 Å². The molecule has 2 aromatic rings. The van der Waals surface area contributed by atoms with Gasteiger partial charge in [0.2, 0.25) is 10.0 Å². The first-order valence-electron chi connectivity index (χ1n) is 9.83. The number of halogens is 2. The number of carbonyl (C=O) groups excluding carboxylic acids is 1. The molecule has 1 amide bonds. The summed E-state index contributed by atoms with van der Waals surface area (Å²) >= 11 is 5.86. The highest BCUT2D eigenvalue weighted by Crippen LogP contribution is 2.33. The van der Waals surface area contributed by atoms with Gasteiger partial charge < -0.3 is 4.90 Å². The van der Waals surface area contributed by atoms with Gasteiger partial charge >= 0.3 is 0 Å². The van der Waals surface area contributed by atoms with Crippen LogP contribution >= 0.6 is 11.6 Å². The predicted octanol–water partition coefficient (Wildman–Crippen LogP) is 2.70. The summed E-state index contributed by atoms with van der Waals surface area (Å²) in [4.78, 5) is 14.0. The van der Waals surface area contributed by atoms with Crippen LogP contribution in [0.5, 0.6) is 0 Å². The zero-order valence-corrected chi connectivity index (χ0v) is 18.4. The standard InChI is InChI=1S/C19H25ClFN5O3S/c1-3-5-13(8-23-30(28,29)17-7-4-6-15(21)18(17)20)14-11-26(10-12(14)2)19(27)16-9-22-25-24-16/h4,6-7,9,12-14,23H,3,5,8,10-11H2,1-2H3,(H,22,24,25)/t12-,13+,14+/m1/s1. The molecule has 0 aliphatic carbocycles. The summed E-state index contributed by atoms with van der Waals surface area (Å²) in [6, 6.07) is 3.70. The summed E-state index contributed by atoms with van der Waals surface area (Å²) in [5.41, 5.74) is 0.261. The van der Waals surface area contributed by atoms with E-state index in [0.29, 0.717) is 13.1 Å². The fraction of sp³-hybridized carbons (Fsp3) is 0.526. The number of aromatic nitrogens is 3. The van der Waals surface area contributed by atoms with E-state index in [4.69, 9.17) is 11.6 Å². The van der Waals surface area contributed by atoms with Gasteiger partial charge in [-0.25, -0.2) is 17.5 Å². The first-order valence-corrected chi connectivity index (χ1v) is 11.7. The number of rotatable bonds is 8. The van der Waals surface area contributed by atoms with Crippen LogP contribution in [0.3, 0.4) is 0 Å². The van der Waals surface area contributed by atoms with Crippen molar-refractivity contribution in [3.05, 3.63) is 40.9 Å². The number of H-pyrrole nitrogens is 1. The first kappa shape index (κ1) is 22.6. The monoisotopic (exact) mass is 457 g/mol. The number of hydrogen-bond acceptors (Lipinski definition) is 5. The number of hydrogen-bond donors (Lipinski definition) is 2. The van der Waals surface area contributed by atoms with E-state index in [1.165, 1.54) is 18.3 Å². The minimum Gasteiger partial charge on any atom is -0.337 e. The van der Waals surface area contributed by atoms with E-state index in [-0.39, 0.29) is 40.8 Å². The zero-order valence-electron chi connectivity index (χ0n) is 16.8. The van der Waals surface area contributed by atoms with E-state index in [0.717, 1.165) is 18.9 Å². The second-order valence-electron chi connectivity index (χ2n) is 7.66. The molecule has 8 nitrogen and oxygen atoms in total.